The highest BCUT2D eigenvalue weighted by Gasteiger charge is 2.37. The number of anilines is 1. The van der Waals surface area contributed by atoms with Gasteiger partial charge in [-0.15, -0.1) is 0 Å². The van der Waals surface area contributed by atoms with E-state index in [0.29, 0.717) is 12.1 Å². The molecule has 1 aromatic carbocycles. The lowest BCUT2D eigenvalue weighted by atomic mass is 10.1. The number of halogens is 3. The summed E-state index contributed by atoms with van der Waals surface area (Å²) in [5.41, 5.74) is 1.39. The summed E-state index contributed by atoms with van der Waals surface area (Å²) in [4.78, 5) is 0. The Kier molecular flexibility index (Phi) is 4.77. The van der Waals surface area contributed by atoms with E-state index in [-0.39, 0.29) is 6.61 Å². The van der Waals surface area contributed by atoms with Gasteiger partial charge < -0.3 is 15.5 Å². The van der Waals surface area contributed by atoms with Crippen LogP contribution in [0.3, 0.4) is 0 Å². The lowest BCUT2D eigenvalue weighted by Crippen LogP contribution is -2.34. The zero-order chi connectivity index (χ0) is 12.9. The van der Waals surface area contributed by atoms with Gasteiger partial charge in [0.05, 0.1) is 0 Å². The topological polar surface area (TPSA) is 52.5 Å². The Hall–Kier alpha value is -1.27. The summed E-state index contributed by atoms with van der Waals surface area (Å²) in [6.07, 6.45) is -6.48. The largest absolute Gasteiger partial charge is 0.416 e. The van der Waals surface area contributed by atoms with Crippen LogP contribution in [0.25, 0.3) is 0 Å². The SMILES string of the molecule is OCCc1ccc(NCC(O)C(F)(F)F)cc1. The zero-order valence-corrected chi connectivity index (χ0v) is 9.04. The van der Waals surface area contributed by atoms with Crippen molar-refractivity contribution < 1.29 is 23.4 Å². The number of aliphatic hydroxyl groups is 2. The number of hydrogen-bond donors (Lipinski definition) is 3. The first-order valence-corrected chi connectivity index (χ1v) is 5.12. The van der Waals surface area contributed by atoms with Gasteiger partial charge in [0.1, 0.15) is 0 Å². The van der Waals surface area contributed by atoms with Crippen molar-refractivity contribution in [2.75, 3.05) is 18.5 Å². The molecular weight excluding hydrogens is 235 g/mol. The maximum Gasteiger partial charge on any atom is 0.416 e. The third kappa shape index (κ3) is 4.62. The van der Waals surface area contributed by atoms with Gasteiger partial charge in [-0.25, -0.2) is 0 Å². The molecule has 3 N–H and O–H groups in total. The molecule has 17 heavy (non-hydrogen) atoms. The van der Waals surface area contributed by atoms with E-state index in [4.69, 9.17) is 10.2 Å². The summed E-state index contributed by atoms with van der Waals surface area (Å²) in [6.45, 7) is -0.553. The van der Waals surface area contributed by atoms with E-state index >= 15 is 0 Å². The van der Waals surface area contributed by atoms with Crippen molar-refractivity contribution in [3.05, 3.63) is 29.8 Å². The van der Waals surface area contributed by atoms with Crippen LogP contribution in [0.4, 0.5) is 18.9 Å². The monoisotopic (exact) mass is 249 g/mol. The van der Waals surface area contributed by atoms with Crippen molar-refractivity contribution in [2.45, 2.75) is 18.7 Å². The molecule has 1 rings (SSSR count). The maximum atomic E-state index is 12.0. The van der Waals surface area contributed by atoms with Gasteiger partial charge in [0.25, 0.3) is 0 Å². The minimum Gasteiger partial charge on any atom is -0.396 e. The number of rotatable bonds is 5. The van der Waals surface area contributed by atoms with Gasteiger partial charge >= 0.3 is 6.18 Å². The van der Waals surface area contributed by atoms with Gasteiger partial charge in [-0.2, -0.15) is 13.2 Å². The number of hydrogen-bond acceptors (Lipinski definition) is 3. The van der Waals surface area contributed by atoms with Crippen LogP contribution in [0.5, 0.6) is 0 Å². The average molecular weight is 249 g/mol. The fraction of sp³-hybridized carbons (Fsp3) is 0.455. The molecule has 3 nitrogen and oxygen atoms in total. The van der Waals surface area contributed by atoms with Crippen molar-refractivity contribution in [3.63, 3.8) is 0 Å². The van der Waals surface area contributed by atoms with Crippen molar-refractivity contribution in [1.82, 2.24) is 0 Å². The Labute approximate surface area is 96.9 Å². The predicted octanol–water partition coefficient (Wildman–Crippen LogP) is 1.56. The minimum absolute atomic E-state index is 0.0273. The van der Waals surface area contributed by atoms with Gasteiger partial charge in [0.15, 0.2) is 6.10 Å². The molecule has 1 aromatic rings. The molecule has 0 fully saturated rings. The van der Waals surface area contributed by atoms with Crippen LogP contribution in [-0.2, 0) is 6.42 Å². The molecule has 0 bridgehead atoms. The fourth-order valence-corrected chi connectivity index (χ4v) is 1.25. The molecule has 6 heteroatoms. The molecule has 0 heterocycles. The first-order valence-electron chi connectivity index (χ1n) is 5.12. The second-order valence-electron chi connectivity index (χ2n) is 3.61. The van der Waals surface area contributed by atoms with E-state index in [0.717, 1.165) is 5.56 Å². The molecule has 96 valence electrons. The van der Waals surface area contributed by atoms with Gasteiger partial charge in [-0.1, -0.05) is 12.1 Å². The highest BCUT2D eigenvalue weighted by Crippen LogP contribution is 2.20. The third-order valence-corrected chi connectivity index (χ3v) is 2.23. The number of alkyl halides is 3. The molecule has 0 amide bonds. The van der Waals surface area contributed by atoms with E-state index in [9.17, 15) is 13.2 Å². The molecule has 1 atom stereocenters. The van der Waals surface area contributed by atoms with E-state index in [2.05, 4.69) is 5.32 Å². The number of benzene rings is 1. The van der Waals surface area contributed by atoms with Crippen LogP contribution in [0, 0.1) is 0 Å². The summed E-state index contributed by atoms with van der Waals surface area (Å²) < 4.78 is 36.0. The molecule has 1 unspecified atom stereocenters. The second-order valence-corrected chi connectivity index (χ2v) is 3.61. The molecule has 0 saturated carbocycles. The first kappa shape index (κ1) is 13.8. The van der Waals surface area contributed by atoms with Gasteiger partial charge in [0, 0.05) is 18.8 Å². The molecule has 0 aliphatic rings. The van der Waals surface area contributed by atoms with Crippen LogP contribution in [-0.4, -0.2) is 35.6 Å². The minimum atomic E-state index is -4.61. The van der Waals surface area contributed by atoms with Crippen LogP contribution < -0.4 is 5.32 Å². The van der Waals surface area contributed by atoms with Crippen molar-refractivity contribution in [2.24, 2.45) is 0 Å². The van der Waals surface area contributed by atoms with Gasteiger partial charge in [-0.3, -0.25) is 0 Å². The maximum absolute atomic E-state index is 12.0. The fourth-order valence-electron chi connectivity index (χ4n) is 1.25. The summed E-state index contributed by atoms with van der Waals surface area (Å²) >= 11 is 0. The van der Waals surface area contributed by atoms with Crippen LogP contribution in [0.1, 0.15) is 5.56 Å². The zero-order valence-electron chi connectivity index (χ0n) is 9.04. The lowest BCUT2D eigenvalue weighted by molar-refractivity contribution is -0.198. The Morgan fingerprint density at radius 1 is 1.18 bits per heavy atom. The molecule has 0 radical (unpaired) electrons. The standard InChI is InChI=1S/C11H14F3NO2/c12-11(13,14)10(17)7-15-9-3-1-8(2-4-9)5-6-16/h1-4,10,15-17H,5-7H2. The molecule has 0 aliphatic carbocycles. The Balaban J connectivity index is 2.47. The molecule has 0 saturated heterocycles. The Morgan fingerprint density at radius 2 is 1.76 bits per heavy atom. The Morgan fingerprint density at radius 3 is 2.24 bits per heavy atom. The van der Waals surface area contributed by atoms with Crippen LogP contribution in [0.2, 0.25) is 0 Å². The Bertz CT molecular complexity index is 338. The third-order valence-electron chi connectivity index (χ3n) is 2.23. The summed E-state index contributed by atoms with van der Waals surface area (Å²) in [5, 5.41) is 19.9. The van der Waals surface area contributed by atoms with Crippen LogP contribution >= 0.6 is 0 Å². The molecule has 0 spiro atoms. The molecular formula is C11H14F3NO2. The summed E-state index contributed by atoms with van der Waals surface area (Å²) in [6, 6.07) is 6.62. The summed E-state index contributed by atoms with van der Waals surface area (Å²) in [5.74, 6) is 0. The quantitative estimate of drug-likeness (QED) is 0.742. The smallest absolute Gasteiger partial charge is 0.396 e. The van der Waals surface area contributed by atoms with E-state index < -0.39 is 18.8 Å². The van der Waals surface area contributed by atoms with Gasteiger partial charge in [-0.05, 0) is 24.1 Å². The average Bonchev–Trinajstić information content (AvgIpc) is 2.27. The lowest BCUT2D eigenvalue weighted by Gasteiger charge is -2.15. The van der Waals surface area contributed by atoms with Crippen molar-refractivity contribution >= 4 is 5.69 Å². The van der Waals surface area contributed by atoms with E-state index in [1.54, 1.807) is 24.3 Å². The highest BCUT2D eigenvalue weighted by atomic mass is 19.4. The van der Waals surface area contributed by atoms with Crippen molar-refractivity contribution in [3.8, 4) is 0 Å². The molecule has 0 aromatic heterocycles. The van der Waals surface area contributed by atoms with E-state index in [1.807, 2.05) is 0 Å². The van der Waals surface area contributed by atoms with Crippen LogP contribution in [0.15, 0.2) is 24.3 Å². The number of nitrogens with one attached hydrogen (secondary N) is 1. The predicted molar refractivity (Wildman–Crippen MR) is 57.8 cm³/mol. The van der Waals surface area contributed by atoms with Crippen molar-refractivity contribution in [1.29, 1.82) is 0 Å². The van der Waals surface area contributed by atoms with E-state index in [1.165, 1.54) is 0 Å². The summed E-state index contributed by atoms with van der Waals surface area (Å²) in [7, 11) is 0. The highest BCUT2D eigenvalue weighted by molar-refractivity contribution is 5.44. The first-order chi connectivity index (χ1) is 7.93. The second kappa shape index (κ2) is 5.88. The normalized spacial score (nSPS) is 13.5. The number of aliphatic hydroxyl groups excluding tert-OH is 2. The van der Waals surface area contributed by atoms with Gasteiger partial charge in [0.2, 0.25) is 0 Å². The molecule has 0 aliphatic heterocycles.